The van der Waals surface area contributed by atoms with Gasteiger partial charge in [-0.15, -0.1) is 11.3 Å². The van der Waals surface area contributed by atoms with Crippen molar-refractivity contribution in [3.8, 4) is 10.6 Å². The van der Waals surface area contributed by atoms with Crippen LogP contribution in [-0.2, 0) is 27.2 Å². The highest BCUT2D eigenvalue weighted by atomic mass is 32.1. The first kappa shape index (κ1) is 19.6. The fourth-order valence-electron chi connectivity index (χ4n) is 2.12. The molecule has 138 valence electrons. The van der Waals surface area contributed by atoms with Crippen LogP contribution in [0.25, 0.3) is 10.6 Å². The largest absolute Gasteiger partial charge is 0.452 e. The number of rotatable bonds is 6. The van der Waals surface area contributed by atoms with Crippen LogP contribution in [0.2, 0.25) is 0 Å². The summed E-state index contributed by atoms with van der Waals surface area (Å²) < 4.78 is 5.04. The van der Waals surface area contributed by atoms with Gasteiger partial charge in [0.25, 0.3) is 5.91 Å². The second-order valence-corrected chi connectivity index (χ2v) is 6.43. The summed E-state index contributed by atoms with van der Waals surface area (Å²) in [6.45, 7) is 3.50. The minimum Gasteiger partial charge on any atom is -0.452 e. The molecule has 2 N–H and O–H groups in total. The third-order valence-electron chi connectivity index (χ3n) is 3.63. The topological polar surface area (TPSA) is 97.4 Å². The minimum atomic E-state index is -1.07. The number of carbonyl (C=O) groups is 3. The molecule has 2 aromatic rings. The van der Waals surface area contributed by atoms with Gasteiger partial charge in [-0.2, -0.15) is 0 Å². The Morgan fingerprint density at radius 1 is 1.23 bits per heavy atom. The lowest BCUT2D eigenvalue weighted by atomic mass is 10.1. The highest BCUT2D eigenvalue weighted by Gasteiger charge is 2.20. The standard InChI is InChI=1S/C18H21N3O4S/c1-4-12-5-7-13(8-6-12)17-20-14(10-26-17)9-15(22)25-11(2)16(23)21-18(24)19-3/h5-8,10-11H,4,9H2,1-3H3,(H2,19,21,23,24)/t11-/m0/s1. The lowest BCUT2D eigenvalue weighted by molar-refractivity contribution is -0.153. The van der Waals surface area contributed by atoms with Crippen molar-refractivity contribution in [3.63, 3.8) is 0 Å². The van der Waals surface area contributed by atoms with Gasteiger partial charge in [-0.05, 0) is 18.9 Å². The maximum atomic E-state index is 12.0. The third-order valence-corrected chi connectivity index (χ3v) is 4.57. The number of ether oxygens (including phenoxy) is 1. The SMILES string of the molecule is CCc1ccc(-c2nc(CC(=O)O[C@@H](C)C(=O)NC(=O)NC)cs2)cc1. The number of urea groups is 1. The zero-order valence-corrected chi connectivity index (χ0v) is 15.7. The first-order valence-corrected chi connectivity index (χ1v) is 9.06. The number of hydrogen-bond donors (Lipinski definition) is 2. The Morgan fingerprint density at radius 2 is 1.92 bits per heavy atom. The maximum absolute atomic E-state index is 12.0. The smallest absolute Gasteiger partial charge is 0.321 e. The van der Waals surface area contributed by atoms with Crippen LogP contribution in [0.5, 0.6) is 0 Å². The molecule has 0 aliphatic carbocycles. The number of imide groups is 1. The first-order valence-electron chi connectivity index (χ1n) is 8.18. The van der Waals surface area contributed by atoms with Crippen molar-refractivity contribution >= 4 is 29.2 Å². The second kappa shape index (κ2) is 9.10. The molecule has 0 spiro atoms. The number of hydrogen-bond acceptors (Lipinski definition) is 6. The van der Waals surface area contributed by atoms with Crippen LogP contribution in [0, 0.1) is 0 Å². The number of amides is 3. The van der Waals surface area contributed by atoms with Crippen LogP contribution in [0.4, 0.5) is 4.79 Å². The molecule has 0 aliphatic rings. The van der Waals surface area contributed by atoms with Gasteiger partial charge in [0.2, 0.25) is 0 Å². The number of esters is 1. The van der Waals surface area contributed by atoms with E-state index in [1.165, 1.54) is 30.9 Å². The Balaban J connectivity index is 1.92. The predicted molar refractivity (Wildman–Crippen MR) is 98.8 cm³/mol. The van der Waals surface area contributed by atoms with Crippen LogP contribution in [0.1, 0.15) is 25.1 Å². The number of nitrogens with one attached hydrogen (secondary N) is 2. The Labute approximate surface area is 155 Å². The highest BCUT2D eigenvalue weighted by Crippen LogP contribution is 2.24. The average Bonchev–Trinajstić information content (AvgIpc) is 3.09. The lowest BCUT2D eigenvalue weighted by Gasteiger charge is -2.12. The van der Waals surface area contributed by atoms with E-state index in [4.69, 9.17) is 4.74 Å². The van der Waals surface area contributed by atoms with Crippen molar-refractivity contribution in [1.82, 2.24) is 15.6 Å². The van der Waals surface area contributed by atoms with E-state index in [2.05, 4.69) is 34.7 Å². The fraction of sp³-hybridized carbons (Fsp3) is 0.333. The number of aromatic nitrogens is 1. The number of aryl methyl sites for hydroxylation is 1. The van der Waals surface area contributed by atoms with E-state index in [1.54, 1.807) is 5.38 Å². The maximum Gasteiger partial charge on any atom is 0.321 e. The fourth-order valence-corrected chi connectivity index (χ4v) is 2.95. The Bertz CT molecular complexity index is 786. The summed E-state index contributed by atoms with van der Waals surface area (Å²) in [6, 6.07) is 7.46. The number of benzene rings is 1. The molecule has 1 heterocycles. The monoisotopic (exact) mass is 375 g/mol. The quantitative estimate of drug-likeness (QED) is 0.755. The van der Waals surface area contributed by atoms with E-state index in [1.807, 2.05) is 12.1 Å². The van der Waals surface area contributed by atoms with E-state index in [9.17, 15) is 14.4 Å². The van der Waals surface area contributed by atoms with Crippen LogP contribution in [0.3, 0.4) is 0 Å². The predicted octanol–water partition coefficient (Wildman–Crippen LogP) is 2.30. The Kier molecular flexibility index (Phi) is 6.85. The molecule has 2 rings (SSSR count). The molecule has 0 saturated carbocycles. The van der Waals surface area contributed by atoms with Crippen LogP contribution in [0.15, 0.2) is 29.6 Å². The summed E-state index contributed by atoms with van der Waals surface area (Å²) in [6.07, 6.45) is -0.137. The van der Waals surface area contributed by atoms with Gasteiger partial charge in [0, 0.05) is 18.0 Å². The van der Waals surface area contributed by atoms with E-state index >= 15 is 0 Å². The normalized spacial score (nSPS) is 11.5. The van der Waals surface area contributed by atoms with Crippen molar-refractivity contribution < 1.29 is 19.1 Å². The molecule has 7 nitrogen and oxygen atoms in total. The van der Waals surface area contributed by atoms with Crippen LogP contribution < -0.4 is 10.6 Å². The third kappa shape index (κ3) is 5.38. The van der Waals surface area contributed by atoms with Crippen molar-refractivity contribution in [2.75, 3.05) is 7.05 Å². The zero-order chi connectivity index (χ0) is 19.1. The molecule has 8 heteroatoms. The van der Waals surface area contributed by atoms with Crippen molar-refractivity contribution in [2.24, 2.45) is 0 Å². The molecule has 0 fully saturated rings. The van der Waals surface area contributed by atoms with Crippen molar-refractivity contribution in [1.29, 1.82) is 0 Å². The molecule has 0 bridgehead atoms. The van der Waals surface area contributed by atoms with Gasteiger partial charge < -0.3 is 10.1 Å². The van der Waals surface area contributed by atoms with E-state index < -0.39 is 24.0 Å². The van der Waals surface area contributed by atoms with Crippen LogP contribution in [-0.4, -0.2) is 36.0 Å². The summed E-state index contributed by atoms with van der Waals surface area (Å²) in [5, 5.41) is 6.91. The molecule has 0 unspecified atom stereocenters. The Hall–Kier alpha value is -2.74. The van der Waals surface area contributed by atoms with Gasteiger partial charge >= 0.3 is 12.0 Å². The van der Waals surface area contributed by atoms with E-state index in [-0.39, 0.29) is 6.42 Å². The van der Waals surface area contributed by atoms with Crippen LogP contribution >= 0.6 is 11.3 Å². The van der Waals surface area contributed by atoms with E-state index in [0.29, 0.717) is 5.69 Å². The van der Waals surface area contributed by atoms with Gasteiger partial charge in [-0.25, -0.2) is 9.78 Å². The summed E-state index contributed by atoms with van der Waals surface area (Å²) in [5.74, 6) is -1.27. The number of nitrogens with zero attached hydrogens (tertiary/aromatic N) is 1. The molecule has 0 radical (unpaired) electrons. The lowest BCUT2D eigenvalue weighted by Crippen LogP contribution is -2.43. The molecule has 1 aromatic carbocycles. The molecule has 0 saturated heterocycles. The number of thiazole rings is 1. The van der Waals surface area contributed by atoms with Crippen molar-refractivity contribution in [3.05, 3.63) is 40.9 Å². The van der Waals surface area contributed by atoms with E-state index in [0.717, 1.165) is 17.0 Å². The van der Waals surface area contributed by atoms with Gasteiger partial charge in [-0.3, -0.25) is 14.9 Å². The molecule has 0 aliphatic heterocycles. The summed E-state index contributed by atoms with van der Waals surface area (Å²) in [7, 11) is 1.38. The zero-order valence-electron chi connectivity index (χ0n) is 14.9. The molecular formula is C18H21N3O4S. The molecule has 26 heavy (non-hydrogen) atoms. The van der Waals surface area contributed by atoms with Gasteiger partial charge in [-0.1, -0.05) is 31.2 Å². The molecule has 1 aromatic heterocycles. The average molecular weight is 375 g/mol. The minimum absolute atomic E-state index is 0.0405. The van der Waals surface area contributed by atoms with Gasteiger partial charge in [0.15, 0.2) is 6.10 Å². The van der Waals surface area contributed by atoms with Gasteiger partial charge in [0.05, 0.1) is 12.1 Å². The first-order chi connectivity index (χ1) is 12.4. The number of carbonyl (C=O) groups excluding carboxylic acids is 3. The summed E-state index contributed by atoms with van der Waals surface area (Å²) in [4.78, 5) is 39.2. The summed E-state index contributed by atoms with van der Waals surface area (Å²) >= 11 is 1.44. The Morgan fingerprint density at radius 3 is 2.54 bits per heavy atom. The molecule has 3 amide bonds. The van der Waals surface area contributed by atoms with Crippen molar-refractivity contribution in [2.45, 2.75) is 32.8 Å². The molecular weight excluding hydrogens is 354 g/mol. The van der Waals surface area contributed by atoms with Gasteiger partial charge in [0.1, 0.15) is 5.01 Å². The second-order valence-electron chi connectivity index (χ2n) is 5.57. The molecule has 1 atom stereocenters. The highest BCUT2D eigenvalue weighted by molar-refractivity contribution is 7.13. The summed E-state index contributed by atoms with van der Waals surface area (Å²) in [5.41, 5.74) is 2.82.